The molecule has 144 valence electrons. The summed E-state index contributed by atoms with van der Waals surface area (Å²) in [5.74, 6) is 0.238. The topological polar surface area (TPSA) is 115 Å². The van der Waals surface area contributed by atoms with Gasteiger partial charge in [0.2, 0.25) is 0 Å². The Bertz CT molecular complexity index is 1110. The molecule has 9 nitrogen and oxygen atoms in total. The predicted molar refractivity (Wildman–Crippen MR) is 102 cm³/mol. The number of benzene rings is 1. The first-order valence-corrected chi connectivity index (χ1v) is 8.29. The predicted octanol–water partition coefficient (Wildman–Crippen LogP) is 1.25. The highest BCUT2D eigenvalue weighted by atomic mass is 16.5. The molecule has 0 unspecified atom stereocenters. The van der Waals surface area contributed by atoms with Crippen LogP contribution in [0.3, 0.4) is 0 Å². The molecule has 0 saturated heterocycles. The fourth-order valence-corrected chi connectivity index (χ4v) is 2.56. The van der Waals surface area contributed by atoms with Crippen LogP contribution in [0, 0.1) is 0 Å². The van der Waals surface area contributed by atoms with E-state index in [2.05, 4.69) is 15.3 Å². The minimum absolute atomic E-state index is 0.0536. The average Bonchev–Trinajstić information content (AvgIpc) is 2.72. The second-order valence-electron chi connectivity index (χ2n) is 5.74. The maximum Gasteiger partial charge on any atom is 0.328 e. The van der Waals surface area contributed by atoms with Crippen LogP contribution in [0.2, 0.25) is 0 Å². The number of aromatic nitrogens is 3. The highest BCUT2D eigenvalue weighted by molar-refractivity contribution is 6.04. The first kappa shape index (κ1) is 18.9. The maximum absolute atomic E-state index is 12.7. The third kappa shape index (κ3) is 3.93. The molecule has 0 atom stereocenters. The largest absolute Gasteiger partial charge is 0.497 e. The van der Waals surface area contributed by atoms with E-state index in [-0.39, 0.29) is 12.1 Å². The van der Waals surface area contributed by atoms with Crippen molar-refractivity contribution < 1.29 is 14.3 Å². The third-order valence-electron chi connectivity index (χ3n) is 4.01. The summed E-state index contributed by atoms with van der Waals surface area (Å²) in [6.45, 7) is -0.0536. The molecule has 0 saturated carbocycles. The van der Waals surface area contributed by atoms with Crippen LogP contribution in [-0.2, 0) is 6.54 Å². The summed E-state index contributed by atoms with van der Waals surface area (Å²) in [6, 6.07) is 9.98. The van der Waals surface area contributed by atoms with Crippen LogP contribution in [-0.4, -0.2) is 34.7 Å². The molecular formula is C19H18N4O5. The number of nitrogens with one attached hydrogen (secondary N) is 2. The number of aromatic amines is 1. The first-order valence-electron chi connectivity index (χ1n) is 8.29. The molecule has 3 rings (SSSR count). The molecule has 2 heterocycles. The number of amides is 1. The number of pyridine rings is 1. The van der Waals surface area contributed by atoms with Crippen LogP contribution in [0.15, 0.2) is 58.4 Å². The monoisotopic (exact) mass is 382 g/mol. The minimum Gasteiger partial charge on any atom is -0.497 e. The number of carbonyl (C=O) groups is 1. The number of nitrogens with zero attached hydrogens (tertiary/aromatic N) is 2. The molecule has 0 bridgehead atoms. The van der Waals surface area contributed by atoms with E-state index in [1.54, 1.807) is 42.6 Å². The van der Waals surface area contributed by atoms with Gasteiger partial charge in [0.25, 0.3) is 11.5 Å². The Hall–Kier alpha value is -3.88. The average molecular weight is 382 g/mol. The van der Waals surface area contributed by atoms with Crippen LogP contribution >= 0.6 is 0 Å². The SMILES string of the molecule is COc1ccc(NC(=O)c2c[nH]c(=O)n(Cc3ccccn3)c2=O)c(OC)c1. The molecule has 9 heteroatoms. The molecule has 1 aromatic carbocycles. The third-order valence-corrected chi connectivity index (χ3v) is 4.01. The van der Waals surface area contributed by atoms with Gasteiger partial charge in [0.15, 0.2) is 0 Å². The van der Waals surface area contributed by atoms with Crippen molar-refractivity contribution in [3.05, 3.63) is 80.9 Å². The fraction of sp³-hybridized carbons (Fsp3) is 0.158. The Kier molecular flexibility index (Phi) is 5.54. The van der Waals surface area contributed by atoms with E-state index in [1.165, 1.54) is 14.2 Å². The fourth-order valence-electron chi connectivity index (χ4n) is 2.56. The van der Waals surface area contributed by atoms with Gasteiger partial charge in [-0.15, -0.1) is 0 Å². The van der Waals surface area contributed by atoms with Crippen LogP contribution < -0.4 is 26.0 Å². The van der Waals surface area contributed by atoms with E-state index in [9.17, 15) is 14.4 Å². The summed E-state index contributed by atoms with van der Waals surface area (Å²) in [5, 5.41) is 2.61. The van der Waals surface area contributed by atoms with Gasteiger partial charge < -0.3 is 19.8 Å². The van der Waals surface area contributed by atoms with E-state index in [0.717, 1.165) is 10.8 Å². The molecule has 0 fully saturated rings. The second-order valence-corrected chi connectivity index (χ2v) is 5.74. The van der Waals surface area contributed by atoms with Crippen molar-refractivity contribution in [3.8, 4) is 11.5 Å². The van der Waals surface area contributed by atoms with Gasteiger partial charge in [-0.25, -0.2) is 4.79 Å². The minimum atomic E-state index is -0.723. The van der Waals surface area contributed by atoms with Gasteiger partial charge in [0.05, 0.1) is 32.1 Å². The number of hydrogen-bond donors (Lipinski definition) is 2. The molecular weight excluding hydrogens is 364 g/mol. The summed E-state index contributed by atoms with van der Waals surface area (Å²) >= 11 is 0. The summed E-state index contributed by atoms with van der Waals surface area (Å²) in [7, 11) is 2.96. The molecule has 3 aromatic rings. The number of carbonyl (C=O) groups excluding carboxylic acids is 1. The number of methoxy groups -OCH3 is 2. The number of ether oxygens (including phenoxy) is 2. The highest BCUT2D eigenvalue weighted by Crippen LogP contribution is 2.29. The Balaban J connectivity index is 1.92. The number of anilines is 1. The van der Waals surface area contributed by atoms with E-state index in [0.29, 0.717) is 22.9 Å². The van der Waals surface area contributed by atoms with Gasteiger partial charge in [-0.3, -0.25) is 19.1 Å². The summed E-state index contributed by atoms with van der Waals surface area (Å²) in [4.78, 5) is 43.9. The normalized spacial score (nSPS) is 10.4. The lowest BCUT2D eigenvalue weighted by molar-refractivity contribution is 0.102. The van der Waals surface area contributed by atoms with Crippen molar-refractivity contribution in [1.82, 2.24) is 14.5 Å². The van der Waals surface area contributed by atoms with Crippen molar-refractivity contribution in [2.45, 2.75) is 6.54 Å². The van der Waals surface area contributed by atoms with Gasteiger partial charge in [-0.2, -0.15) is 0 Å². The molecule has 1 amide bonds. The van der Waals surface area contributed by atoms with Crippen molar-refractivity contribution in [1.29, 1.82) is 0 Å². The number of hydrogen-bond acceptors (Lipinski definition) is 6. The highest BCUT2D eigenvalue weighted by Gasteiger charge is 2.17. The van der Waals surface area contributed by atoms with Gasteiger partial charge in [0.1, 0.15) is 17.1 Å². The smallest absolute Gasteiger partial charge is 0.328 e. The molecule has 28 heavy (non-hydrogen) atoms. The number of H-pyrrole nitrogens is 1. The van der Waals surface area contributed by atoms with E-state index >= 15 is 0 Å². The molecule has 0 radical (unpaired) electrons. The Morgan fingerprint density at radius 2 is 2.00 bits per heavy atom. The van der Waals surface area contributed by atoms with Crippen molar-refractivity contribution in [2.24, 2.45) is 0 Å². The lowest BCUT2D eigenvalue weighted by Gasteiger charge is -2.12. The van der Waals surface area contributed by atoms with Crippen molar-refractivity contribution >= 4 is 11.6 Å². The molecule has 0 aliphatic carbocycles. The Labute approximate surface area is 159 Å². The molecule has 0 aliphatic heterocycles. The zero-order valence-electron chi connectivity index (χ0n) is 15.3. The zero-order valence-corrected chi connectivity index (χ0v) is 15.3. The van der Waals surface area contributed by atoms with Crippen LogP contribution in [0.5, 0.6) is 11.5 Å². The quantitative estimate of drug-likeness (QED) is 0.663. The van der Waals surface area contributed by atoms with E-state index < -0.39 is 17.2 Å². The lowest BCUT2D eigenvalue weighted by Crippen LogP contribution is -2.39. The van der Waals surface area contributed by atoms with Gasteiger partial charge in [0, 0.05) is 18.5 Å². The van der Waals surface area contributed by atoms with E-state index in [1.807, 2.05) is 0 Å². The van der Waals surface area contributed by atoms with Gasteiger partial charge in [-0.1, -0.05) is 6.07 Å². The van der Waals surface area contributed by atoms with Crippen molar-refractivity contribution in [3.63, 3.8) is 0 Å². The molecule has 2 aromatic heterocycles. The van der Waals surface area contributed by atoms with Crippen LogP contribution in [0.1, 0.15) is 16.1 Å². The molecule has 0 spiro atoms. The Morgan fingerprint density at radius 1 is 1.18 bits per heavy atom. The van der Waals surface area contributed by atoms with Crippen LogP contribution in [0.25, 0.3) is 0 Å². The molecule has 0 aliphatic rings. The standard InChI is InChI=1S/C19H18N4O5/c1-27-13-6-7-15(16(9-13)28-2)22-17(24)14-10-21-19(26)23(18(14)25)11-12-5-3-4-8-20-12/h3-10H,11H2,1-2H3,(H,21,26)(H,22,24). The Morgan fingerprint density at radius 3 is 2.68 bits per heavy atom. The summed E-state index contributed by atoms with van der Waals surface area (Å²) in [6.07, 6.45) is 2.64. The van der Waals surface area contributed by atoms with Crippen molar-refractivity contribution in [2.75, 3.05) is 19.5 Å². The van der Waals surface area contributed by atoms with E-state index in [4.69, 9.17) is 9.47 Å². The maximum atomic E-state index is 12.7. The van der Waals surface area contributed by atoms with Gasteiger partial charge in [-0.05, 0) is 24.3 Å². The second kappa shape index (κ2) is 8.21. The van der Waals surface area contributed by atoms with Crippen LogP contribution in [0.4, 0.5) is 5.69 Å². The first-order chi connectivity index (χ1) is 13.5. The summed E-state index contributed by atoms with van der Waals surface area (Å²) < 4.78 is 11.3. The zero-order chi connectivity index (χ0) is 20.1. The summed E-state index contributed by atoms with van der Waals surface area (Å²) in [5.41, 5.74) is -0.693. The number of rotatable bonds is 6. The molecule has 2 N–H and O–H groups in total. The lowest BCUT2D eigenvalue weighted by atomic mass is 10.2. The van der Waals surface area contributed by atoms with Gasteiger partial charge >= 0.3 is 5.69 Å².